The molecule has 20 heavy (non-hydrogen) atoms. The van der Waals surface area contributed by atoms with Crippen molar-refractivity contribution in [1.82, 2.24) is 9.13 Å². The van der Waals surface area contributed by atoms with E-state index in [4.69, 9.17) is 5.73 Å². The Bertz CT molecular complexity index is 736. The quantitative estimate of drug-likeness (QED) is 0.915. The van der Waals surface area contributed by atoms with Gasteiger partial charge < -0.3 is 5.73 Å². The monoisotopic (exact) mass is 273 g/mol. The summed E-state index contributed by atoms with van der Waals surface area (Å²) in [5.41, 5.74) is 8.15. The Morgan fingerprint density at radius 1 is 1.10 bits per heavy atom. The van der Waals surface area contributed by atoms with Gasteiger partial charge >= 0.3 is 5.69 Å². The summed E-state index contributed by atoms with van der Waals surface area (Å²) in [6.07, 6.45) is 1.41. The maximum absolute atomic E-state index is 12.2. The number of rotatable bonds is 3. The van der Waals surface area contributed by atoms with Gasteiger partial charge in [0.15, 0.2) is 0 Å². The van der Waals surface area contributed by atoms with Crippen molar-refractivity contribution in [3.8, 4) is 0 Å². The second-order valence-corrected chi connectivity index (χ2v) is 5.04. The lowest BCUT2D eigenvalue weighted by atomic mass is 10.1. The van der Waals surface area contributed by atoms with Crippen molar-refractivity contribution in [3.63, 3.8) is 0 Å². The predicted molar refractivity (Wildman–Crippen MR) is 80.1 cm³/mol. The van der Waals surface area contributed by atoms with Crippen molar-refractivity contribution in [2.45, 2.75) is 33.9 Å². The molecule has 1 aromatic heterocycles. The Labute approximate surface area is 117 Å². The van der Waals surface area contributed by atoms with E-state index >= 15 is 0 Å². The van der Waals surface area contributed by atoms with Crippen molar-refractivity contribution in [2.24, 2.45) is 0 Å². The largest absolute Gasteiger partial charge is 0.393 e. The van der Waals surface area contributed by atoms with Gasteiger partial charge in [-0.1, -0.05) is 29.3 Å². The first kappa shape index (κ1) is 14.1. The Morgan fingerprint density at radius 2 is 1.70 bits per heavy atom. The molecule has 0 bridgehead atoms. The van der Waals surface area contributed by atoms with Crippen molar-refractivity contribution >= 4 is 5.69 Å². The van der Waals surface area contributed by atoms with Gasteiger partial charge in [-0.25, -0.2) is 4.79 Å². The summed E-state index contributed by atoms with van der Waals surface area (Å²) in [5.74, 6) is 0. The molecule has 0 saturated heterocycles. The van der Waals surface area contributed by atoms with Gasteiger partial charge in [-0.15, -0.1) is 0 Å². The highest BCUT2D eigenvalue weighted by atomic mass is 16.2. The standard InChI is InChI=1S/C15H19N3O2/c1-4-17-9-13(16)14(19)18(15(17)20)8-12-6-10(2)5-11(3)7-12/h5-7,9H,4,8,16H2,1-3H3. The van der Waals surface area contributed by atoms with E-state index < -0.39 is 5.56 Å². The van der Waals surface area contributed by atoms with E-state index in [1.54, 1.807) is 0 Å². The van der Waals surface area contributed by atoms with Crippen LogP contribution in [0.25, 0.3) is 0 Å². The number of benzene rings is 1. The third-order valence-corrected chi connectivity index (χ3v) is 3.23. The van der Waals surface area contributed by atoms with Crippen LogP contribution in [0.15, 0.2) is 34.0 Å². The number of aromatic nitrogens is 2. The first-order valence-corrected chi connectivity index (χ1v) is 6.59. The first-order valence-electron chi connectivity index (χ1n) is 6.59. The van der Waals surface area contributed by atoms with E-state index in [1.807, 2.05) is 32.9 Å². The zero-order valence-corrected chi connectivity index (χ0v) is 12.0. The second-order valence-electron chi connectivity index (χ2n) is 5.04. The van der Waals surface area contributed by atoms with E-state index in [0.29, 0.717) is 6.54 Å². The molecule has 0 aliphatic carbocycles. The van der Waals surface area contributed by atoms with Crippen LogP contribution in [0.4, 0.5) is 5.69 Å². The lowest BCUT2D eigenvalue weighted by molar-refractivity contribution is 0.603. The summed E-state index contributed by atoms with van der Waals surface area (Å²) >= 11 is 0. The van der Waals surface area contributed by atoms with Crippen LogP contribution in [0.5, 0.6) is 0 Å². The summed E-state index contributed by atoms with van der Waals surface area (Å²) in [7, 11) is 0. The van der Waals surface area contributed by atoms with Gasteiger partial charge in [0.25, 0.3) is 5.56 Å². The highest BCUT2D eigenvalue weighted by Crippen LogP contribution is 2.09. The fourth-order valence-electron chi connectivity index (χ4n) is 2.38. The number of nitrogens with two attached hydrogens (primary N) is 1. The van der Waals surface area contributed by atoms with E-state index in [2.05, 4.69) is 6.07 Å². The van der Waals surface area contributed by atoms with Crippen molar-refractivity contribution in [2.75, 3.05) is 5.73 Å². The zero-order valence-electron chi connectivity index (χ0n) is 12.0. The third kappa shape index (κ3) is 2.66. The molecule has 2 rings (SSSR count). The maximum Gasteiger partial charge on any atom is 0.331 e. The van der Waals surface area contributed by atoms with E-state index in [9.17, 15) is 9.59 Å². The van der Waals surface area contributed by atoms with Gasteiger partial charge in [0, 0.05) is 12.7 Å². The average Bonchev–Trinajstić information content (AvgIpc) is 2.38. The van der Waals surface area contributed by atoms with E-state index in [-0.39, 0.29) is 17.9 Å². The molecule has 0 spiro atoms. The highest BCUT2D eigenvalue weighted by Gasteiger charge is 2.09. The molecule has 2 aromatic rings. The number of hydrogen-bond donors (Lipinski definition) is 1. The number of nitrogen functional groups attached to an aromatic ring is 1. The fourth-order valence-corrected chi connectivity index (χ4v) is 2.38. The molecule has 5 heteroatoms. The molecule has 5 nitrogen and oxygen atoms in total. The first-order chi connectivity index (χ1) is 9.42. The van der Waals surface area contributed by atoms with E-state index in [0.717, 1.165) is 16.7 Å². The van der Waals surface area contributed by atoms with Crippen LogP contribution in [0.1, 0.15) is 23.6 Å². The number of aryl methyl sites for hydroxylation is 3. The minimum Gasteiger partial charge on any atom is -0.393 e. The normalized spacial score (nSPS) is 10.8. The highest BCUT2D eigenvalue weighted by molar-refractivity contribution is 5.32. The topological polar surface area (TPSA) is 70.0 Å². The summed E-state index contributed by atoms with van der Waals surface area (Å²) in [4.78, 5) is 24.3. The Balaban J connectivity index is 2.56. The maximum atomic E-state index is 12.2. The molecule has 0 fully saturated rings. The molecule has 0 unspecified atom stereocenters. The Kier molecular flexibility index (Phi) is 3.79. The molecule has 2 N–H and O–H groups in total. The Morgan fingerprint density at radius 3 is 2.25 bits per heavy atom. The Hall–Kier alpha value is -2.30. The summed E-state index contributed by atoms with van der Waals surface area (Å²) in [6.45, 7) is 6.54. The average molecular weight is 273 g/mol. The van der Waals surface area contributed by atoms with Crippen LogP contribution in [-0.2, 0) is 13.1 Å². The van der Waals surface area contributed by atoms with Gasteiger partial charge in [0.2, 0.25) is 0 Å². The molecule has 0 aliphatic heterocycles. The summed E-state index contributed by atoms with van der Waals surface area (Å²) in [5, 5.41) is 0. The van der Waals surface area contributed by atoms with Crippen molar-refractivity contribution in [3.05, 3.63) is 61.9 Å². The summed E-state index contributed by atoms with van der Waals surface area (Å²) in [6, 6.07) is 5.99. The smallest absolute Gasteiger partial charge is 0.331 e. The van der Waals surface area contributed by atoms with Crippen LogP contribution in [-0.4, -0.2) is 9.13 Å². The molecular formula is C15H19N3O2. The fraction of sp³-hybridized carbons (Fsp3) is 0.333. The van der Waals surface area contributed by atoms with Gasteiger partial charge in [0.1, 0.15) is 5.69 Å². The number of nitrogens with zero attached hydrogens (tertiary/aromatic N) is 2. The molecule has 106 valence electrons. The minimum atomic E-state index is -0.432. The van der Waals surface area contributed by atoms with Crippen molar-refractivity contribution in [1.29, 1.82) is 0 Å². The molecule has 0 saturated carbocycles. The minimum absolute atomic E-state index is 0.0934. The molecular weight excluding hydrogens is 254 g/mol. The van der Waals surface area contributed by atoms with Crippen LogP contribution in [0, 0.1) is 13.8 Å². The van der Waals surface area contributed by atoms with Gasteiger partial charge in [-0.2, -0.15) is 0 Å². The molecule has 1 aromatic carbocycles. The molecule has 0 amide bonds. The second kappa shape index (κ2) is 5.36. The lowest BCUT2D eigenvalue weighted by Gasteiger charge is -2.11. The van der Waals surface area contributed by atoms with Crippen LogP contribution >= 0.6 is 0 Å². The van der Waals surface area contributed by atoms with Gasteiger partial charge in [0.05, 0.1) is 6.54 Å². The number of hydrogen-bond acceptors (Lipinski definition) is 3. The van der Waals surface area contributed by atoms with Crippen LogP contribution in [0.2, 0.25) is 0 Å². The third-order valence-electron chi connectivity index (χ3n) is 3.23. The summed E-state index contributed by atoms with van der Waals surface area (Å²) < 4.78 is 2.63. The van der Waals surface area contributed by atoms with Crippen molar-refractivity contribution < 1.29 is 0 Å². The predicted octanol–water partition coefficient (Wildman–Crippen LogP) is 1.28. The van der Waals surface area contributed by atoms with E-state index in [1.165, 1.54) is 15.3 Å². The molecule has 0 radical (unpaired) electrons. The lowest BCUT2D eigenvalue weighted by Crippen LogP contribution is -2.40. The van der Waals surface area contributed by atoms with Gasteiger partial charge in [-0.05, 0) is 26.3 Å². The number of anilines is 1. The zero-order chi connectivity index (χ0) is 14.9. The molecule has 0 aliphatic rings. The molecule has 0 atom stereocenters. The van der Waals surface area contributed by atoms with Crippen LogP contribution < -0.4 is 17.0 Å². The van der Waals surface area contributed by atoms with Crippen LogP contribution in [0.3, 0.4) is 0 Å². The SMILES string of the molecule is CCn1cc(N)c(=O)n(Cc2cc(C)cc(C)c2)c1=O. The van der Waals surface area contributed by atoms with Gasteiger partial charge in [-0.3, -0.25) is 13.9 Å². The molecule has 1 heterocycles.